The number of rotatable bonds is 2. The van der Waals surface area contributed by atoms with E-state index in [1.807, 2.05) is 19.9 Å². The molecule has 0 N–H and O–H groups in total. The van der Waals surface area contributed by atoms with Crippen LogP contribution in [0.2, 0.25) is 0 Å². The van der Waals surface area contributed by atoms with E-state index < -0.39 is 0 Å². The van der Waals surface area contributed by atoms with Crippen LogP contribution in [-0.4, -0.2) is 11.5 Å². The Morgan fingerprint density at radius 1 is 1.77 bits per heavy atom. The van der Waals surface area contributed by atoms with Crippen molar-refractivity contribution >= 4 is 5.90 Å². The summed E-state index contributed by atoms with van der Waals surface area (Å²) in [5.74, 6) is 0.627. The first-order valence-electron chi connectivity index (χ1n) is 4.43. The normalized spacial score (nSPS) is 25.9. The third-order valence-electron chi connectivity index (χ3n) is 2.24. The third kappa shape index (κ3) is 2.10. The molecule has 70 valence electrons. The minimum atomic E-state index is -0.227. The summed E-state index contributed by atoms with van der Waals surface area (Å²) in [6.45, 7) is 9.57. The van der Waals surface area contributed by atoms with Crippen molar-refractivity contribution < 1.29 is 4.74 Å². The van der Waals surface area contributed by atoms with Crippen molar-refractivity contribution in [3.8, 4) is 0 Å². The zero-order chi connectivity index (χ0) is 9.90. The monoisotopic (exact) mass is 177 g/mol. The highest BCUT2D eigenvalue weighted by atomic mass is 16.5. The van der Waals surface area contributed by atoms with Crippen molar-refractivity contribution in [1.29, 1.82) is 0 Å². The first kappa shape index (κ1) is 9.82. The first-order chi connectivity index (χ1) is 6.11. The maximum atomic E-state index is 5.70. The van der Waals surface area contributed by atoms with E-state index in [1.165, 1.54) is 0 Å². The van der Waals surface area contributed by atoms with Gasteiger partial charge in [0.2, 0.25) is 5.90 Å². The first-order valence-corrected chi connectivity index (χ1v) is 4.43. The van der Waals surface area contributed by atoms with Crippen LogP contribution in [0.5, 0.6) is 0 Å². The summed E-state index contributed by atoms with van der Waals surface area (Å²) in [6.07, 6.45) is 4.67. The molecule has 0 spiro atoms. The molecule has 0 aromatic rings. The lowest BCUT2D eigenvalue weighted by molar-refractivity contribution is 0.118. The Balaban J connectivity index is 2.89. The van der Waals surface area contributed by atoms with Gasteiger partial charge in [0, 0.05) is 6.20 Å². The lowest BCUT2D eigenvalue weighted by Crippen LogP contribution is -2.30. The van der Waals surface area contributed by atoms with Gasteiger partial charge in [-0.3, -0.25) is 0 Å². The van der Waals surface area contributed by atoms with Gasteiger partial charge in [-0.1, -0.05) is 13.5 Å². The van der Waals surface area contributed by atoms with Crippen LogP contribution in [0.4, 0.5) is 0 Å². The van der Waals surface area contributed by atoms with Gasteiger partial charge in [-0.2, -0.15) is 0 Å². The van der Waals surface area contributed by atoms with Crippen LogP contribution in [0, 0.1) is 0 Å². The molecule has 2 nitrogen and oxygen atoms in total. The summed E-state index contributed by atoms with van der Waals surface area (Å²) >= 11 is 0. The van der Waals surface area contributed by atoms with Crippen molar-refractivity contribution in [3.05, 3.63) is 30.2 Å². The summed E-state index contributed by atoms with van der Waals surface area (Å²) in [5, 5.41) is 0. The second kappa shape index (κ2) is 3.63. The minimum absolute atomic E-state index is 0.227. The van der Waals surface area contributed by atoms with Gasteiger partial charge in [0.15, 0.2) is 0 Å². The Morgan fingerprint density at radius 3 is 3.00 bits per heavy atom. The number of hydrogen-bond donors (Lipinski definition) is 0. The molecule has 0 aliphatic carbocycles. The summed E-state index contributed by atoms with van der Waals surface area (Å²) in [7, 11) is 0. The molecule has 0 aromatic heterocycles. The third-order valence-corrected chi connectivity index (χ3v) is 2.24. The molecule has 0 fully saturated rings. The molecule has 1 rings (SSSR count). The van der Waals surface area contributed by atoms with E-state index in [-0.39, 0.29) is 5.60 Å². The Hall–Kier alpha value is -1.27. The highest BCUT2D eigenvalue weighted by Crippen LogP contribution is 2.22. The number of ether oxygens (including phenoxy) is 1. The van der Waals surface area contributed by atoms with Gasteiger partial charge in [0.1, 0.15) is 5.60 Å². The predicted octanol–water partition coefficient (Wildman–Crippen LogP) is 2.83. The van der Waals surface area contributed by atoms with Gasteiger partial charge < -0.3 is 4.74 Å². The van der Waals surface area contributed by atoms with Gasteiger partial charge in [0.05, 0.1) is 5.57 Å². The van der Waals surface area contributed by atoms with Crippen LogP contribution in [0.3, 0.4) is 0 Å². The highest BCUT2D eigenvalue weighted by molar-refractivity contribution is 5.93. The fraction of sp³-hybridized carbons (Fsp3) is 0.455. The lowest BCUT2D eigenvalue weighted by atomic mass is 10.0. The summed E-state index contributed by atoms with van der Waals surface area (Å²) < 4.78 is 5.70. The molecule has 1 heterocycles. The maximum absolute atomic E-state index is 5.70. The van der Waals surface area contributed by atoms with E-state index in [4.69, 9.17) is 4.74 Å². The molecule has 0 bridgehead atoms. The van der Waals surface area contributed by atoms with E-state index in [1.54, 1.807) is 6.20 Å². The zero-order valence-corrected chi connectivity index (χ0v) is 8.42. The highest BCUT2D eigenvalue weighted by Gasteiger charge is 2.25. The van der Waals surface area contributed by atoms with Crippen molar-refractivity contribution in [3.63, 3.8) is 0 Å². The van der Waals surface area contributed by atoms with Gasteiger partial charge in [-0.25, -0.2) is 4.99 Å². The van der Waals surface area contributed by atoms with E-state index in [0.717, 1.165) is 12.0 Å². The molecule has 0 unspecified atom stereocenters. The predicted molar refractivity (Wildman–Crippen MR) is 54.7 cm³/mol. The molecule has 0 saturated heterocycles. The molecule has 1 aliphatic rings. The van der Waals surface area contributed by atoms with Crippen molar-refractivity contribution in [2.24, 2.45) is 4.99 Å². The number of nitrogens with zero attached hydrogens (tertiary/aromatic N) is 1. The molecule has 1 atom stereocenters. The van der Waals surface area contributed by atoms with Gasteiger partial charge in [0.25, 0.3) is 0 Å². The summed E-state index contributed by atoms with van der Waals surface area (Å²) in [4.78, 5) is 4.12. The average molecular weight is 177 g/mol. The van der Waals surface area contributed by atoms with Crippen LogP contribution in [0.15, 0.2) is 35.2 Å². The molecule has 13 heavy (non-hydrogen) atoms. The van der Waals surface area contributed by atoms with Crippen LogP contribution in [0.1, 0.15) is 27.2 Å². The molecule has 0 amide bonds. The van der Waals surface area contributed by atoms with E-state index in [0.29, 0.717) is 5.90 Å². The van der Waals surface area contributed by atoms with Gasteiger partial charge in [-0.15, -0.1) is 5.73 Å². The number of aliphatic imine (C=N–C) groups is 1. The van der Waals surface area contributed by atoms with Gasteiger partial charge in [-0.05, 0) is 26.3 Å². The van der Waals surface area contributed by atoms with E-state index in [9.17, 15) is 0 Å². The lowest BCUT2D eigenvalue weighted by Gasteiger charge is -2.28. The second-order valence-electron chi connectivity index (χ2n) is 3.32. The van der Waals surface area contributed by atoms with Gasteiger partial charge >= 0.3 is 0 Å². The summed E-state index contributed by atoms with van der Waals surface area (Å²) in [5.41, 5.74) is 3.40. The summed E-state index contributed by atoms with van der Waals surface area (Å²) in [6, 6.07) is 0. The Labute approximate surface area is 79.3 Å². The number of hydrogen-bond acceptors (Lipinski definition) is 2. The zero-order valence-electron chi connectivity index (χ0n) is 8.42. The Morgan fingerprint density at radius 2 is 2.46 bits per heavy atom. The minimum Gasteiger partial charge on any atom is -0.466 e. The quantitative estimate of drug-likeness (QED) is 0.594. The molecule has 0 saturated carbocycles. The average Bonchev–Trinajstić information content (AvgIpc) is 2.17. The van der Waals surface area contributed by atoms with Crippen molar-refractivity contribution in [1.82, 2.24) is 0 Å². The van der Waals surface area contributed by atoms with Crippen molar-refractivity contribution in [2.75, 3.05) is 0 Å². The molecule has 0 aromatic carbocycles. The molecular weight excluding hydrogens is 162 g/mol. The smallest absolute Gasteiger partial charge is 0.225 e. The van der Waals surface area contributed by atoms with Crippen LogP contribution in [-0.2, 0) is 4.74 Å². The molecule has 2 heteroatoms. The maximum Gasteiger partial charge on any atom is 0.225 e. The second-order valence-corrected chi connectivity index (χ2v) is 3.32. The van der Waals surface area contributed by atoms with E-state index >= 15 is 0 Å². The standard InChI is InChI=1S/C11H15NO/c1-5-9(3)10-12-8-7-11(4,6-2)13-10/h7-8H,1,6H2,2-4H3/t11-/m0/s1. The van der Waals surface area contributed by atoms with Crippen LogP contribution >= 0.6 is 0 Å². The van der Waals surface area contributed by atoms with Crippen molar-refractivity contribution in [2.45, 2.75) is 32.8 Å². The fourth-order valence-electron chi connectivity index (χ4n) is 0.983. The Bertz CT molecular complexity index is 308. The van der Waals surface area contributed by atoms with Crippen LogP contribution in [0.25, 0.3) is 0 Å². The molecule has 1 aliphatic heterocycles. The molecular formula is C11H15NO. The van der Waals surface area contributed by atoms with E-state index in [2.05, 4.69) is 24.2 Å². The topological polar surface area (TPSA) is 21.6 Å². The molecule has 0 radical (unpaired) electrons. The SMILES string of the molecule is C=C=C(C)C1=NC=C[C@](C)(CC)O1. The Kier molecular flexibility index (Phi) is 2.74. The fourth-order valence-corrected chi connectivity index (χ4v) is 0.983. The van der Waals surface area contributed by atoms with Crippen LogP contribution < -0.4 is 0 Å². The largest absolute Gasteiger partial charge is 0.466 e.